The molecule has 1 unspecified atom stereocenters. The number of carbonyl (C=O) groups excluding carboxylic acids is 2. The molecule has 1 aliphatic heterocycles. The maximum absolute atomic E-state index is 14.0. The number of hydrogen-bond acceptors (Lipinski definition) is 2. The second kappa shape index (κ2) is 7.38. The van der Waals surface area contributed by atoms with Crippen molar-refractivity contribution < 1.29 is 27.2 Å². The van der Waals surface area contributed by atoms with E-state index in [2.05, 4.69) is 0 Å². The second-order valence-electron chi connectivity index (χ2n) is 6.18. The number of hydrogen-bond donors (Lipinski definition) is 0. The highest BCUT2D eigenvalue weighted by atomic mass is 19.2. The van der Waals surface area contributed by atoms with Gasteiger partial charge in [0.1, 0.15) is 11.6 Å². The van der Waals surface area contributed by atoms with Gasteiger partial charge in [-0.1, -0.05) is 0 Å². The van der Waals surface area contributed by atoms with E-state index in [4.69, 9.17) is 0 Å². The van der Waals surface area contributed by atoms with Crippen molar-refractivity contribution in [1.82, 2.24) is 0 Å². The molecule has 1 aliphatic rings. The van der Waals surface area contributed by atoms with E-state index in [1.807, 2.05) is 0 Å². The normalized spacial score (nSPS) is 16.7. The van der Waals surface area contributed by atoms with Crippen LogP contribution in [0.4, 0.5) is 28.9 Å². The lowest BCUT2D eigenvalue weighted by molar-refractivity contribution is -0.124. The summed E-state index contributed by atoms with van der Waals surface area (Å²) < 4.78 is 53.7. The molecule has 1 atom stereocenters. The van der Waals surface area contributed by atoms with Crippen molar-refractivity contribution in [3.8, 4) is 0 Å². The van der Waals surface area contributed by atoms with Crippen LogP contribution in [0, 0.1) is 29.2 Å². The molecule has 2 aromatic carbocycles. The fourth-order valence-corrected chi connectivity index (χ4v) is 3.14. The Bertz CT molecular complexity index is 903. The summed E-state index contributed by atoms with van der Waals surface area (Å²) >= 11 is 0. The molecule has 0 radical (unpaired) electrons. The molecule has 0 spiro atoms. The third-order valence-corrected chi connectivity index (χ3v) is 4.47. The third-order valence-electron chi connectivity index (χ3n) is 4.47. The van der Waals surface area contributed by atoms with Crippen LogP contribution < -0.4 is 9.80 Å². The van der Waals surface area contributed by atoms with Gasteiger partial charge in [-0.05, 0) is 31.2 Å². The van der Waals surface area contributed by atoms with Crippen molar-refractivity contribution in [3.05, 3.63) is 59.7 Å². The minimum Gasteiger partial charge on any atom is -0.312 e. The number of nitrogens with zero attached hydrogens (tertiary/aromatic N) is 2. The molecule has 1 saturated heterocycles. The zero-order valence-electron chi connectivity index (χ0n) is 14.4. The lowest BCUT2D eigenvalue weighted by atomic mass is 10.1. The zero-order chi connectivity index (χ0) is 19.7. The summed E-state index contributed by atoms with van der Waals surface area (Å²) in [5, 5.41) is 0. The molecule has 1 fully saturated rings. The maximum Gasteiger partial charge on any atom is 0.232 e. The number of anilines is 2. The molecule has 1 heterocycles. The highest BCUT2D eigenvalue weighted by molar-refractivity contribution is 6.04. The summed E-state index contributed by atoms with van der Waals surface area (Å²) in [6, 6.07) is 5.93. The predicted octanol–water partition coefficient (Wildman–Crippen LogP) is 3.65. The van der Waals surface area contributed by atoms with Crippen LogP contribution in [0.3, 0.4) is 0 Å². The van der Waals surface area contributed by atoms with Gasteiger partial charge in [0.2, 0.25) is 11.8 Å². The Morgan fingerprint density at radius 2 is 1.81 bits per heavy atom. The first-order valence-corrected chi connectivity index (χ1v) is 8.33. The predicted molar refractivity (Wildman–Crippen MR) is 91.2 cm³/mol. The minimum atomic E-state index is -1.09. The van der Waals surface area contributed by atoms with Crippen LogP contribution in [0.25, 0.3) is 0 Å². The highest BCUT2D eigenvalue weighted by Crippen LogP contribution is 2.30. The van der Waals surface area contributed by atoms with Gasteiger partial charge < -0.3 is 9.80 Å². The van der Waals surface area contributed by atoms with Crippen LogP contribution in [-0.2, 0) is 9.59 Å². The van der Waals surface area contributed by atoms with Gasteiger partial charge in [-0.3, -0.25) is 9.59 Å². The largest absolute Gasteiger partial charge is 0.312 e. The summed E-state index contributed by atoms with van der Waals surface area (Å²) in [6.07, 6.45) is -0.157. The number of carbonyl (C=O) groups is 2. The van der Waals surface area contributed by atoms with E-state index in [1.54, 1.807) is 6.92 Å². The van der Waals surface area contributed by atoms with E-state index in [1.165, 1.54) is 11.0 Å². The fourth-order valence-electron chi connectivity index (χ4n) is 3.14. The molecule has 27 heavy (non-hydrogen) atoms. The molecule has 4 nitrogen and oxygen atoms in total. The van der Waals surface area contributed by atoms with E-state index in [9.17, 15) is 27.2 Å². The van der Waals surface area contributed by atoms with E-state index in [-0.39, 0.29) is 30.9 Å². The van der Waals surface area contributed by atoms with Gasteiger partial charge in [0.15, 0.2) is 11.6 Å². The molecule has 2 amide bonds. The molecule has 2 aromatic rings. The van der Waals surface area contributed by atoms with Crippen LogP contribution in [0.5, 0.6) is 0 Å². The SMILES string of the molecule is CCN(C(=O)C1CC(=O)N(c2ccc(F)cc2F)C1)c1ccc(F)c(F)c1. The Morgan fingerprint density at radius 1 is 1.07 bits per heavy atom. The summed E-state index contributed by atoms with van der Waals surface area (Å²) in [6.45, 7) is 1.76. The Morgan fingerprint density at radius 3 is 2.44 bits per heavy atom. The van der Waals surface area contributed by atoms with E-state index in [0.717, 1.165) is 29.2 Å². The topological polar surface area (TPSA) is 40.6 Å². The first kappa shape index (κ1) is 18.9. The lowest BCUT2D eigenvalue weighted by Gasteiger charge is -2.24. The van der Waals surface area contributed by atoms with Gasteiger partial charge in [-0.15, -0.1) is 0 Å². The molecule has 8 heteroatoms. The number of benzene rings is 2. The van der Waals surface area contributed by atoms with Crippen molar-refractivity contribution in [2.75, 3.05) is 22.9 Å². The monoisotopic (exact) mass is 380 g/mol. The number of amides is 2. The van der Waals surface area contributed by atoms with E-state index < -0.39 is 41.0 Å². The van der Waals surface area contributed by atoms with Gasteiger partial charge in [0, 0.05) is 37.3 Å². The van der Waals surface area contributed by atoms with Gasteiger partial charge in [-0.2, -0.15) is 0 Å². The number of halogens is 4. The molecule has 0 bridgehead atoms. The van der Waals surface area contributed by atoms with Crippen LogP contribution in [0.15, 0.2) is 36.4 Å². The highest BCUT2D eigenvalue weighted by Gasteiger charge is 2.38. The standard InChI is InChI=1S/C19H16F4N2O2/c1-2-24(13-4-5-14(21)15(22)9-13)19(27)11-7-18(26)25(10-11)17-6-3-12(20)8-16(17)23/h3-6,8-9,11H,2,7,10H2,1H3. The van der Waals surface area contributed by atoms with Crippen molar-refractivity contribution in [3.63, 3.8) is 0 Å². The first-order chi connectivity index (χ1) is 12.8. The average Bonchev–Trinajstić information content (AvgIpc) is 3.00. The molecule has 0 aliphatic carbocycles. The summed E-state index contributed by atoms with van der Waals surface area (Å²) in [5.74, 6) is -5.50. The summed E-state index contributed by atoms with van der Waals surface area (Å²) in [7, 11) is 0. The van der Waals surface area contributed by atoms with Crippen molar-refractivity contribution >= 4 is 23.2 Å². The summed E-state index contributed by atoms with van der Waals surface area (Å²) in [4.78, 5) is 27.4. The van der Waals surface area contributed by atoms with E-state index >= 15 is 0 Å². The van der Waals surface area contributed by atoms with Crippen LogP contribution >= 0.6 is 0 Å². The molecule has 0 saturated carbocycles. The molecule has 0 N–H and O–H groups in total. The van der Waals surface area contributed by atoms with Crippen molar-refractivity contribution in [1.29, 1.82) is 0 Å². The zero-order valence-corrected chi connectivity index (χ0v) is 14.4. The van der Waals surface area contributed by atoms with E-state index in [0.29, 0.717) is 6.07 Å². The first-order valence-electron chi connectivity index (χ1n) is 8.33. The average molecular weight is 380 g/mol. The lowest BCUT2D eigenvalue weighted by Crippen LogP contribution is -2.37. The van der Waals surface area contributed by atoms with Gasteiger partial charge in [0.25, 0.3) is 0 Å². The van der Waals surface area contributed by atoms with Gasteiger partial charge >= 0.3 is 0 Å². The molecular formula is C19H16F4N2O2. The van der Waals surface area contributed by atoms with Gasteiger partial charge in [-0.25, -0.2) is 17.6 Å². The second-order valence-corrected chi connectivity index (χ2v) is 6.18. The van der Waals surface area contributed by atoms with Crippen LogP contribution in [0.1, 0.15) is 13.3 Å². The van der Waals surface area contributed by atoms with Crippen LogP contribution in [-0.4, -0.2) is 24.9 Å². The Kier molecular flexibility index (Phi) is 5.16. The molecular weight excluding hydrogens is 364 g/mol. The Labute approximate surface area is 153 Å². The van der Waals surface area contributed by atoms with Crippen molar-refractivity contribution in [2.45, 2.75) is 13.3 Å². The minimum absolute atomic E-state index is 0.0829. The van der Waals surface area contributed by atoms with Crippen LogP contribution in [0.2, 0.25) is 0 Å². The molecule has 142 valence electrons. The smallest absolute Gasteiger partial charge is 0.232 e. The molecule has 0 aromatic heterocycles. The summed E-state index contributed by atoms with van der Waals surface area (Å²) in [5.41, 5.74) is 0.0628. The number of rotatable bonds is 4. The quantitative estimate of drug-likeness (QED) is 0.760. The Balaban J connectivity index is 1.82. The van der Waals surface area contributed by atoms with Crippen molar-refractivity contribution in [2.24, 2.45) is 5.92 Å². The fraction of sp³-hybridized carbons (Fsp3) is 0.263. The Hall–Kier alpha value is -2.90. The van der Waals surface area contributed by atoms with Gasteiger partial charge in [0.05, 0.1) is 11.6 Å². The third kappa shape index (κ3) is 3.65. The molecule has 3 rings (SSSR count). The maximum atomic E-state index is 14.0.